The summed E-state index contributed by atoms with van der Waals surface area (Å²) in [4.78, 5) is 27.8. The highest BCUT2D eigenvalue weighted by atomic mass is 16.5. The van der Waals surface area contributed by atoms with Gasteiger partial charge in [-0.2, -0.15) is 0 Å². The number of carboxylic acid groups (broad SMARTS) is 1. The minimum Gasteiger partial charge on any atom is -0.493 e. The van der Waals surface area contributed by atoms with E-state index in [0.29, 0.717) is 30.2 Å². The van der Waals surface area contributed by atoms with Crippen molar-refractivity contribution in [3.05, 3.63) is 78.0 Å². The monoisotopic (exact) mass is 430 g/mol. The molecule has 0 saturated carbocycles. The highest BCUT2D eigenvalue weighted by Gasteiger charge is 2.12. The minimum atomic E-state index is -1.10. The average Bonchev–Trinajstić information content (AvgIpc) is 2.79. The molecule has 1 aromatic heterocycles. The third-order valence-electron chi connectivity index (χ3n) is 4.31. The fourth-order valence-electron chi connectivity index (χ4n) is 2.80. The summed E-state index contributed by atoms with van der Waals surface area (Å²) < 4.78 is 11.3. The number of amides is 1. The molecule has 7 nitrogen and oxygen atoms in total. The number of para-hydroxylation sites is 1. The van der Waals surface area contributed by atoms with Crippen LogP contribution in [0, 0.1) is 11.8 Å². The van der Waals surface area contributed by atoms with E-state index in [0.717, 1.165) is 5.75 Å². The van der Waals surface area contributed by atoms with Gasteiger partial charge in [0.2, 0.25) is 11.8 Å². The van der Waals surface area contributed by atoms with Crippen LogP contribution in [-0.4, -0.2) is 28.6 Å². The van der Waals surface area contributed by atoms with Crippen LogP contribution in [0.5, 0.6) is 17.4 Å². The van der Waals surface area contributed by atoms with Gasteiger partial charge >= 0.3 is 5.97 Å². The molecule has 0 unspecified atom stereocenters. The van der Waals surface area contributed by atoms with Crippen molar-refractivity contribution in [1.29, 1.82) is 0 Å². The summed E-state index contributed by atoms with van der Waals surface area (Å²) in [6.45, 7) is 2.32. The van der Waals surface area contributed by atoms with Gasteiger partial charge < -0.3 is 19.9 Å². The van der Waals surface area contributed by atoms with E-state index in [-0.39, 0.29) is 23.6 Å². The van der Waals surface area contributed by atoms with E-state index < -0.39 is 5.97 Å². The first kappa shape index (κ1) is 22.4. The van der Waals surface area contributed by atoms with Gasteiger partial charge in [-0.15, -0.1) is 11.8 Å². The first-order valence-electron chi connectivity index (χ1n) is 9.92. The Morgan fingerprint density at radius 3 is 2.47 bits per heavy atom. The molecule has 0 fully saturated rings. The molecule has 1 heterocycles. The highest BCUT2D eigenvalue weighted by molar-refractivity contribution is 6.00. The zero-order chi connectivity index (χ0) is 22.8. The highest BCUT2D eigenvalue weighted by Crippen LogP contribution is 2.23. The molecule has 0 saturated heterocycles. The summed E-state index contributed by atoms with van der Waals surface area (Å²) in [7, 11) is 0. The van der Waals surface area contributed by atoms with Crippen molar-refractivity contribution in [3.8, 4) is 29.2 Å². The predicted molar refractivity (Wildman–Crippen MR) is 120 cm³/mol. The van der Waals surface area contributed by atoms with Gasteiger partial charge in [-0.3, -0.25) is 4.79 Å². The van der Waals surface area contributed by atoms with Gasteiger partial charge in [-0.05, 0) is 48.9 Å². The Morgan fingerprint density at radius 2 is 1.78 bits per heavy atom. The van der Waals surface area contributed by atoms with Crippen LogP contribution in [0.1, 0.15) is 29.3 Å². The molecule has 1 amide bonds. The van der Waals surface area contributed by atoms with Crippen molar-refractivity contribution >= 4 is 17.6 Å². The van der Waals surface area contributed by atoms with Crippen LogP contribution in [0.4, 0.5) is 5.69 Å². The smallest absolute Gasteiger partial charge is 0.337 e. The number of carbonyl (C=O) groups is 2. The van der Waals surface area contributed by atoms with E-state index in [9.17, 15) is 14.7 Å². The Kier molecular flexibility index (Phi) is 7.82. The molecule has 0 bridgehead atoms. The molecule has 32 heavy (non-hydrogen) atoms. The number of pyridine rings is 1. The van der Waals surface area contributed by atoms with Gasteiger partial charge in [0.05, 0.1) is 24.3 Å². The van der Waals surface area contributed by atoms with Crippen LogP contribution in [-0.2, 0) is 11.2 Å². The predicted octanol–water partition coefficient (Wildman–Crippen LogP) is 4.55. The van der Waals surface area contributed by atoms with Gasteiger partial charge in [-0.1, -0.05) is 18.2 Å². The molecule has 0 aliphatic carbocycles. The molecule has 7 heteroatoms. The number of carbonyl (C=O) groups excluding carboxylic acids is 1. The fraction of sp³-hybridized carbons (Fsp3) is 0.160. The zero-order valence-electron chi connectivity index (χ0n) is 17.5. The molecule has 3 rings (SSSR count). The standard InChI is InChI=1S/C25H22N2O5/c1-2-3-6-15-31-19-10-12-20(13-11-19)32-24-14-9-18(17-26-24)16-23(28)27-22-8-5-4-7-21(22)25(29)30/h4-5,7-14,17H,6,15-16H2,1H3,(H,27,28)(H,29,30). The molecule has 162 valence electrons. The second kappa shape index (κ2) is 11.2. The lowest BCUT2D eigenvalue weighted by Gasteiger charge is -2.09. The number of aromatic nitrogens is 1. The summed E-state index contributed by atoms with van der Waals surface area (Å²) in [5.74, 6) is 6.04. The van der Waals surface area contributed by atoms with E-state index in [1.54, 1.807) is 55.6 Å². The number of hydrogen-bond acceptors (Lipinski definition) is 5. The van der Waals surface area contributed by atoms with Crippen LogP contribution < -0.4 is 14.8 Å². The maximum Gasteiger partial charge on any atom is 0.337 e. The molecule has 2 aromatic carbocycles. The fourth-order valence-corrected chi connectivity index (χ4v) is 2.80. The third kappa shape index (κ3) is 6.61. The Morgan fingerprint density at radius 1 is 1.03 bits per heavy atom. The second-order valence-corrected chi connectivity index (χ2v) is 6.68. The zero-order valence-corrected chi connectivity index (χ0v) is 17.5. The number of hydrogen-bond donors (Lipinski definition) is 2. The van der Waals surface area contributed by atoms with Crippen LogP contribution in [0.25, 0.3) is 0 Å². The number of anilines is 1. The topological polar surface area (TPSA) is 97.8 Å². The summed E-state index contributed by atoms with van der Waals surface area (Å²) >= 11 is 0. The lowest BCUT2D eigenvalue weighted by molar-refractivity contribution is -0.115. The average molecular weight is 430 g/mol. The quantitative estimate of drug-likeness (QED) is 0.382. The number of nitrogens with zero attached hydrogens (tertiary/aromatic N) is 1. The number of ether oxygens (including phenoxy) is 2. The lowest BCUT2D eigenvalue weighted by Crippen LogP contribution is -2.16. The third-order valence-corrected chi connectivity index (χ3v) is 4.31. The maximum atomic E-state index is 12.3. The second-order valence-electron chi connectivity index (χ2n) is 6.68. The van der Waals surface area contributed by atoms with Gasteiger partial charge in [0.15, 0.2) is 0 Å². The van der Waals surface area contributed by atoms with Crippen LogP contribution >= 0.6 is 0 Å². The first-order chi connectivity index (χ1) is 15.5. The van der Waals surface area contributed by atoms with Crippen LogP contribution in [0.3, 0.4) is 0 Å². The van der Waals surface area contributed by atoms with E-state index in [2.05, 4.69) is 22.1 Å². The molecule has 0 spiro atoms. The van der Waals surface area contributed by atoms with Crippen molar-refractivity contribution in [2.75, 3.05) is 11.9 Å². The van der Waals surface area contributed by atoms with Gasteiger partial charge in [0.25, 0.3) is 0 Å². The Hall–Kier alpha value is -4.31. The molecule has 0 aliphatic heterocycles. The number of nitrogens with one attached hydrogen (secondary N) is 1. The summed E-state index contributed by atoms with van der Waals surface area (Å²) in [5.41, 5.74) is 0.957. The summed E-state index contributed by atoms with van der Waals surface area (Å²) in [6, 6.07) is 16.8. The molecular weight excluding hydrogens is 408 g/mol. The summed E-state index contributed by atoms with van der Waals surface area (Å²) in [5, 5.41) is 11.8. The molecule has 0 aliphatic rings. The Balaban J connectivity index is 1.53. The largest absolute Gasteiger partial charge is 0.493 e. The molecule has 0 atom stereocenters. The van der Waals surface area contributed by atoms with Crippen molar-refractivity contribution in [2.45, 2.75) is 19.8 Å². The van der Waals surface area contributed by atoms with E-state index in [4.69, 9.17) is 9.47 Å². The first-order valence-corrected chi connectivity index (χ1v) is 9.92. The van der Waals surface area contributed by atoms with Crippen molar-refractivity contribution in [1.82, 2.24) is 4.98 Å². The van der Waals surface area contributed by atoms with Crippen molar-refractivity contribution < 1.29 is 24.2 Å². The van der Waals surface area contributed by atoms with E-state index in [1.165, 1.54) is 6.07 Å². The number of rotatable bonds is 9. The number of benzene rings is 2. The van der Waals surface area contributed by atoms with Gasteiger partial charge in [0, 0.05) is 18.7 Å². The number of aromatic carboxylic acids is 1. The molecule has 2 N–H and O–H groups in total. The van der Waals surface area contributed by atoms with Crippen LogP contribution in [0.15, 0.2) is 66.9 Å². The molecular formula is C25H22N2O5. The van der Waals surface area contributed by atoms with E-state index in [1.807, 2.05) is 12.1 Å². The van der Waals surface area contributed by atoms with Gasteiger partial charge in [-0.25, -0.2) is 9.78 Å². The minimum absolute atomic E-state index is 0.0359. The van der Waals surface area contributed by atoms with E-state index >= 15 is 0 Å². The molecule has 3 aromatic rings. The Bertz CT molecular complexity index is 1130. The van der Waals surface area contributed by atoms with Crippen LogP contribution in [0.2, 0.25) is 0 Å². The van der Waals surface area contributed by atoms with Gasteiger partial charge in [0.1, 0.15) is 11.5 Å². The Labute approximate surface area is 186 Å². The molecule has 0 radical (unpaired) electrons. The van der Waals surface area contributed by atoms with Crippen molar-refractivity contribution in [2.24, 2.45) is 0 Å². The maximum absolute atomic E-state index is 12.3. The summed E-state index contributed by atoms with van der Waals surface area (Å²) in [6.07, 6.45) is 2.27. The SMILES string of the molecule is CC#CCCOc1ccc(Oc2ccc(CC(=O)Nc3ccccc3C(=O)O)cn2)cc1. The van der Waals surface area contributed by atoms with Crippen molar-refractivity contribution in [3.63, 3.8) is 0 Å². The normalized spacial score (nSPS) is 9.91. The lowest BCUT2D eigenvalue weighted by atomic mass is 10.1. The number of carboxylic acids is 1.